The molecule has 1 aliphatic heterocycles. The molecule has 8 nitrogen and oxygen atoms in total. The van der Waals surface area contributed by atoms with Gasteiger partial charge in [-0.15, -0.1) is 13.2 Å². The number of esters is 1. The first kappa shape index (κ1) is 25.3. The van der Waals surface area contributed by atoms with Crippen molar-refractivity contribution in [1.29, 1.82) is 0 Å². The summed E-state index contributed by atoms with van der Waals surface area (Å²) in [5.41, 5.74) is -3.35. The monoisotopic (exact) mass is 487 g/mol. The third kappa shape index (κ3) is 5.26. The number of halogens is 4. The van der Waals surface area contributed by atoms with Gasteiger partial charge in [0.2, 0.25) is 5.43 Å². The number of carbonyl (C=O) groups is 2. The molecule has 0 aliphatic carbocycles. The number of ether oxygens (including phenoxy) is 2. The second kappa shape index (κ2) is 9.15. The van der Waals surface area contributed by atoms with Crippen molar-refractivity contribution in [3.63, 3.8) is 0 Å². The molecule has 1 amide bonds. The first-order valence-electron chi connectivity index (χ1n) is 10.6. The van der Waals surface area contributed by atoms with Crippen LogP contribution in [0.5, 0.6) is 0 Å². The fraction of sp³-hybridized carbons (Fsp3) is 0.500. The molecule has 2 aromatic rings. The zero-order chi connectivity index (χ0) is 25.4. The van der Waals surface area contributed by atoms with Gasteiger partial charge in [-0.3, -0.25) is 9.36 Å². The molecular weight excluding hydrogens is 462 g/mol. The number of anilines is 1. The predicted molar refractivity (Wildman–Crippen MR) is 115 cm³/mol. The van der Waals surface area contributed by atoms with E-state index in [1.165, 1.54) is 16.7 Å². The Bertz CT molecular complexity index is 1160. The van der Waals surface area contributed by atoms with Crippen LogP contribution in [-0.2, 0) is 15.8 Å². The Hall–Kier alpha value is -3.31. The van der Waals surface area contributed by atoms with E-state index in [-0.39, 0.29) is 43.0 Å². The lowest BCUT2D eigenvalue weighted by Gasteiger charge is -2.37. The molecule has 3 rings (SSSR count). The van der Waals surface area contributed by atoms with Crippen molar-refractivity contribution < 1.29 is 36.6 Å². The maximum Gasteiger partial charge on any atom is 0.488 e. The number of piperazine rings is 1. The molecule has 1 saturated heterocycles. The van der Waals surface area contributed by atoms with Crippen molar-refractivity contribution >= 4 is 28.7 Å². The Morgan fingerprint density at radius 2 is 1.68 bits per heavy atom. The smallest absolute Gasteiger partial charge is 0.462 e. The molecule has 0 saturated carbocycles. The molecule has 2 heterocycles. The van der Waals surface area contributed by atoms with Crippen LogP contribution >= 0.6 is 0 Å². The summed E-state index contributed by atoms with van der Waals surface area (Å²) in [6.45, 7) is 7.07. The van der Waals surface area contributed by atoms with E-state index in [1.807, 2.05) is 0 Å². The summed E-state index contributed by atoms with van der Waals surface area (Å²) in [4.78, 5) is 39.8. The molecule has 1 aromatic carbocycles. The number of fused-ring (bicyclic) bond motifs is 1. The van der Waals surface area contributed by atoms with Crippen LogP contribution in [0.3, 0.4) is 0 Å². The van der Waals surface area contributed by atoms with Crippen LogP contribution < -0.4 is 10.3 Å². The number of aromatic nitrogens is 1. The fourth-order valence-corrected chi connectivity index (χ4v) is 3.60. The quantitative estimate of drug-likeness (QED) is 0.483. The average Bonchev–Trinajstić information content (AvgIpc) is 2.72. The molecule has 0 radical (unpaired) electrons. The van der Waals surface area contributed by atoms with Crippen LogP contribution in [-0.4, -0.2) is 59.9 Å². The summed E-state index contributed by atoms with van der Waals surface area (Å²) in [6, 6.07) is 1.62. The van der Waals surface area contributed by atoms with Crippen molar-refractivity contribution in [1.82, 2.24) is 9.47 Å². The zero-order valence-electron chi connectivity index (χ0n) is 19.2. The third-order valence-electron chi connectivity index (χ3n) is 5.11. The van der Waals surface area contributed by atoms with E-state index in [4.69, 9.17) is 4.74 Å². The van der Waals surface area contributed by atoms with Crippen molar-refractivity contribution in [3.8, 4) is 0 Å². The minimum atomic E-state index is -4.99. The van der Waals surface area contributed by atoms with Gasteiger partial charge < -0.3 is 19.3 Å². The van der Waals surface area contributed by atoms with Gasteiger partial charge in [-0.05, 0) is 39.8 Å². The standard InChI is InChI=1S/C22H25F4N3O5/c1-5-33-19(31)14-12-29(22(24,25)26)16-11-17(15(23)10-13(16)18(14)30)27-6-8-28(9-7-27)20(32)34-21(2,3)4/h10-12H,5-9H2,1-4H3. The maximum atomic E-state index is 15.0. The third-order valence-corrected chi connectivity index (χ3v) is 5.11. The van der Waals surface area contributed by atoms with Gasteiger partial charge in [-0.1, -0.05) is 0 Å². The van der Waals surface area contributed by atoms with Gasteiger partial charge >= 0.3 is 18.4 Å². The molecule has 1 aliphatic rings. The van der Waals surface area contributed by atoms with Gasteiger partial charge in [0.25, 0.3) is 0 Å². The largest absolute Gasteiger partial charge is 0.488 e. The minimum absolute atomic E-state index is 0.138. The Morgan fingerprint density at radius 3 is 2.21 bits per heavy atom. The Kier molecular flexibility index (Phi) is 6.81. The van der Waals surface area contributed by atoms with E-state index in [2.05, 4.69) is 4.74 Å². The molecule has 0 bridgehead atoms. The summed E-state index contributed by atoms with van der Waals surface area (Å²) in [6.07, 6.45) is -5.16. The van der Waals surface area contributed by atoms with Gasteiger partial charge in [0.15, 0.2) is 0 Å². The summed E-state index contributed by atoms with van der Waals surface area (Å²) < 4.78 is 66.1. The van der Waals surface area contributed by atoms with E-state index < -0.39 is 51.7 Å². The average molecular weight is 487 g/mol. The Labute approximate surface area is 192 Å². The predicted octanol–water partition coefficient (Wildman–Crippen LogP) is 3.85. The van der Waals surface area contributed by atoms with Crippen molar-refractivity contribution in [2.45, 2.75) is 39.6 Å². The number of benzene rings is 1. The van der Waals surface area contributed by atoms with Crippen LogP contribution in [0.4, 0.5) is 28.0 Å². The number of alkyl halides is 3. The SMILES string of the molecule is CCOC(=O)c1cn(C(F)(F)F)c2cc(N3CCN(C(=O)OC(C)(C)C)CC3)c(F)cc2c1=O. The molecule has 0 unspecified atom stereocenters. The lowest BCUT2D eigenvalue weighted by atomic mass is 10.1. The van der Waals surface area contributed by atoms with Crippen molar-refractivity contribution in [3.05, 3.63) is 39.9 Å². The van der Waals surface area contributed by atoms with E-state index in [0.29, 0.717) is 12.3 Å². The van der Waals surface area contributed by atoms with Crippen molar-refractivity contribution in [2.75, 3.05) is 37.7 Å². The highest BCUT2D eigenvalue weighted by Gasteiger charge is 2.34. The van der Waals surface area contributed by atoms with Gasteiger partial charge in [-0.25, -0.2) is 14.0 Å². The summed E-state index contributed by atoms with van der Waals surface area (Å²) in [5.74, 6) is -2.15. The van der Waals surface area contributed by atoms with Crippen LogP contribution in [0.2, 0.25) is 0 Å². The van der Waals surface area contributed by atoms with Crippen LogP contribution in [0.1, 0.15) is 38.1 Å². The topological polar surface area (TPSA) is 81.1 Å². The summed E-state index contributed by atoms with van der Waals surface area (Å²) in [7, 11) is 0. The number of rotatable bonds is 3. The zero-order valence-corrected chi connectivity index (χ0v) is 19.2. The molecule has 12 heteroatoms. The normalized spacial score (nSPS) is 14.9. The molecule has 1 aromatic heterocycles. The van der Waals surface area contributed by atoms with E-state index in [0.717, 1.165) is 6.07 Å². The van der Waals surface area contributed by atoms with Gasteiger partial charge in [0.1, 0.15) is 17.0 Å². The highest BCUT2D eigenvalue weighted by molar-refractivity contribution is 5.94. The lowest BCUT2D eigenvalue weighted by Crippen LogP contribution is -2.50. The number of nitrogens with zero attached hydrogens (tertiary/aromatic N) is 3. The van der Waals surface area contributed by atoms with E-state index >= 15 is 0 Å². The first-order valence-corrected chi connectivity index (χ1v) is 10.6. The fourth-order valence-electron chi connectivity index (χ4n) is 3.60. The van der Waals surface area contributed by atoms with E-state index in [1.54, 1.807) is 20.8 Å². The number of carbonyl (C=O) groups excluding carboxylic acids is 2. The first-order chi connectivity index (χ1) is 15.7. The molecular formula is C22H25F4N3O5. The number of amides is 1. The minimum Gasteiger partial charge on any atom is -0.462 e. The van der Waals surface area contributed by atoms with Crippen LogP contribution in [0.25, 0.3) is 10.9 Å². The highest BCUT2D eigenvalue weighted by Crippen LogP contribution is 2.31. The summed E-state index contributed by atoms with van der Waals surface area (Å²) >= 11 is 0. The molecule has 186 valence electrons. The van der Waals surface area contributed by atoms with E-state index in [9.17, 15) is 31.9 Å². The number of hydrogen-bond donors (Lipinski definition) is 0. The van der Waals surface area contributed by atoms with Crippen LogP contribution in [0.15, 0.2) is 23.1 Å². The van der Waals surface area contributed by atoms with Crippen molar-refractivity contribution in [2.24, 2.45) is 0 Å². The molecule has 0 spiro atoms. The van der Waals surface area contributed by atoms with Gasteiger partial charge in [0.05, 0.1) is 17.8 Å². The highest BCUT2D eigenvalue weighted by atomic mass is 19.4. The molecule has 34 heavy (non-hydrogen) atoms. The Morgan fingerprint density at radius 1 is 1.06 bits per heavy atom. The van der Waals surface area contributed by atoms with Gasteiger partial charge in [0, 0.05) is 37.8 Å². The van der Waals surface area contributed by atoms with Crippen LogP contribution in [0, 0.1) is 5.82 Å². The lowest BCUT2D eigenvalue weighted by molar-refractivity contribution is -0.201. The second-order valence-corrected chi connectivity index (χ2v) is 8.71. The second-order valence-electron chi connectivity index (χ2n) is 8.71. The summed E-state index contributed by atoms with van der Waals surface area (Å²) in [5, 5.41) is -0.600. The molecule has 1 fully saturated rings. The Balaban J connectivity index is 1.99. The molecule has 0 atom stereocenters. The number of hydrogen-bond acceptors (Lipinski definition) is 6. The number of pyridine rings is 1. The van der Waals surface area contributed by atoms with Gasteiger partial charge in [-0.2, -0.15) is 0 Å². The maximum absolute atomic E-state index is 15.0. The molecule has 0 N–H and O–H groups in total.